The van der Waals surface area contributed by atoms with Crippen LogP contribution in [-0.4, -0.2) is 67.8 Å². The van der Waals surface area contributed by atoms with Crippen LogP contribution in [0.5, 0.6) is 11.5 Å². The van der Waals surface area contributed by atoms with Crippen LogP contribution in [0.25, 0.3) is 0 Å². The summed E-state index contributed by atoms with van der Waals surface area (Å²) in [6.45, 7) is 6.15. The van der Waals surface area contributed by atoms with Gasteiger partial charge in [0.1, 0.15) is 0 Å². The first-order chi connectivity index (χ1) is 10.3. The molecular formula is C15H19N3O3. The Morgan fingerprint density at radius 3 is 2.71 bits per heavy atom. The first kappa shape index (κ1) is 12.9. The summed E-state index contributed by atoms with van der Waals surface area (Å²) in [6.07, 6.45) is 0. The zero-order chi connectivity index (χ0) is 14.2. The Kier molecular flexibility index (Phi) is 3.20. The van der Waals surface area contributed by atoms with E-state index in [0.29, 0.717) is 23.1 Å². The molecule has 1 amide bonds. The molecular weight excluding hydrogens is 270 g/mol. The van der Waals surface area contributed by atoms with Crippen LogP contribution in [0.1, 0.15) is 10.4 Å². The molecule has 0 atom stereocenters. The lowest BCUT2D eigenvalue weighted by molar-refractivity contribution is 0.0227. The van der Waals surface area contributed by atoms with Crippen LogP contribution in [0.3, 0.4) is 0 Å². The molecule has 21 heavy (non-hydrogen) atoms. The van der Waals surface area contributed by atoms with Crippen molar-refractivity contribution in [2.75, 3.05) is 46.1 Å². The maximum atomic E-state index is 12.5. The lowest BCUT2D eigenvalue weighted by atomic mass is 10.0. The van der Waals surface area contributed by atoms with Gasteiger partial charge >= 0.3 is 0 Å². The maximum absolute atomic E-state index is 12.5. The minimum absolute atomic E-state index is 0.0830. The molecule has 1 N–H and O–H groups in total. The lowest BCUT2D eigenvalue weighted by Crippen LogP contribution is -2.63. The molecule has 0 radical (unpaired) electrons. The zero-order valence-electron chi connectivity index (χ0n) is 11.9. The van der Waals surface area contributed by atoms with Gasteiger partial charge in [0.25, 0.3) is 5.91 Å². The second kappa shape index (κ2) is 5.20. The molecule has 4 rings (SSSR count). The van der Waals surface area contributed by atoms with E-state index < -0.39 is 0 Å². The van der Waals surface area contributed by atoms with Gasteiger partial charge in [0, 0.05) is 50.9 Å². The van der Waals surface area contributed by atoms with Gasteiger partial charge < -0.3 is 19.7 Å². The standard InChI is InChI=1S/C15H19N3O3/c19-15(11-1-2-13-14(7-11)21-10-20-13)18-8-12(9-18)17-5-3-16-4-6-17/h1-2,7,12,16H,3-6,8-10H2. The highest BCUT2D eigenvalue weighted by Crippen LogP contribution is 2.33. The third kappa shape index (κ3) is 2.34. The van der Waals surface area contributed by atoms with E-state index in [1.54, 1.807) is 6.07 Å². The van der Waals surface area contributed by atoms with Crippen LogP contribution in [0, 0.1) is 0 Å². The van der Waals surface area contributed by atoms with Crippen molar-refractivity contribution in [3.8, 4) is 11.5 Å². The summed E-state index contributed by atoms with van der Waals surface area (Å²) in [5, 5.41) is 3.35. The van der Waals surface area contributed by atoms with Gasteiger partial charge in [-0.3, -0.25) is 9.69 Å². The van der Waals surface area contributed by atoms with Crippen molar-refractivity contribution in [2.45, 2.75) is 6.04 Å². The highest BCUT2D eigenvalue weighted by atomic mass is 16.7. The second-order valence-corrected chi connectivity index (χ2v) is 5.72. The highest BCUT2D eigenvalue weighted by molar-refractivity contribution is 5.95. The number of amides is 1. The Morgan fingerprint density at radius 2 is 1.90 bits per heavy atom. The van der Waals surface area contributed by atoms with Gasteiger partial charge in [0.05, 0.1) is 0 Å². The van der Waals surface area contributed by atoms with Crippen molar-refractivity contribution >= 4 is 5.91 Å². The highest BCUT2D eigenvalue weighted by Gasteiger charge is 2.35. The third-order valence-electron chi connectivity index (χ3n) is 4.44. The van der Waals surface area contributed by atoms with E-state index >= 15 is 0 Å². The number of carbonyl (C=O) groups is 1. The van der Waals surface area contributed by atoms with E-state index in [1.807, 2.05) is 17.0 Å². The Labute approximate surface area is 123 Å². The predicted molar refractivity (Wildman–Crippen MR) is 76.7 cm³/mol. The molecule has 0 spiro atoms. The summed E-state index contributed by atoms with van der Waals surface area (Å²) in [5.74, 6) is 1.47. The molecule has 1 aromatic rings. The van der Waals surface area contributed by atoms with Crippen LogP contribution in [0.2, 0.25) is 0 Å². The summed E-state index contributed by atoms with van der Waals surface area (Å²) in [5.41, 5.74) is 0.679. The van der Waals surface area contributed by atoms with E-state index in [4.69, 9.17) is 9.47 Å². The summed E-state index contributed by atoms with van der Waals surface area (Å²) in [4.78, 5) is 16.8. The molecule has 0 saturated carbocycles. The average Bonchev–Trinajstić information content (AvgIpc) is 2.94. The first-order valence-electron chi connectivity index (χ1n) is 7.45. The number of likely N-dealkylation sites (tertiary alicyclic amines) is 1. The average molecular weight is 289 g/mol. The molecule has 3 aliphatic heterocycles. The van der Waals surface area contributed by atoms with Gasteiger partial charge in [-0.2, -0.15) is 0 Å². The fourth-order valence-corrected chi connectivity index (χ4v) is 3.11. The molecule has 6 heteroatoms. The number of carbonyl (C=O) groups excluding carboxylic acids is 1. The van der Waals surface area contributed by atoms with Crippen molar-refractivity contribution < 1.29 is 14.3 Å². The van der Waals surface area contributed by atoms with Gasteiger partial charge in [-0.15, -0.1) is 0 Å². The molecule has 3 aliphatic rings. The number of piperazine rings is 1. The molecule has 0 bridgehead atoms. The molecule has 0 unspecified atom stereocenters. The van der Waals surface area contributed by atoms with Gasteiger partial charge in [-0.1, -0.05) is 0 Å². The van der Waals surface area contributed by atoms with Crippen LogP contribution in [0.15, 0.2) is 18.2 Å². The molecule has 0 aliphatic carbocycles. The number of nitrogens with zero attached hydrogens (tertiary/aromatic N) is 2. The Balaban J connectivity index is 1.38. The second-order valence-electron chi connectivity index (χ2n) is 5.72. The Bertz CT molecular complexity index is 551. The molecule has 3 heterocycles. The van der Waals surface area contributed by atoms with E-state index in [1.165, 1.54) is 0 Å². The quantitative estimate of drug-likeness (QED) is 0.839. The van der Waals surface area contributed by atoms with E-state index in [2.05, 4.69) is 10.2 Å². The Hall–Kier alpha value is -1.79. The van der Waals surface area contributed by atoms with Crippen LogP contribution in [-0.2, 0) is 0 Å². The third-order valence-corrected chi connectivity index (χ3v) is 4.44. The van der Waals surface area contributed by atoms with E-state index in [0.717, 1.165) is 39.3 Å². The summed E-state index contributed by atoms with van der Waals surface area (Å²) in [7, 11) is 0. The minimum atomic E-state index is 0.0830. The van der Waals surface area contributed by atoms with Gasteiger partial charge in [0.15, 0.2) is 11.5 Å². The van der Waals surface area contributed by atoms with Crippen molar-refractivity contribution in [1.82, 2.24) is 15.1 Å². The number of rotatable bonds is 2. The minimum Gasteiger partial charge on any atom is -0.454 e. The fraction of sp³-hybridized carbons (Fsp3) is 0.533. The zero-order valence-corrected chi connectivity index (χ0v) is 11.9. The van der Waals surface area contributed by atoms with E-state index in [9.17, 15) is 4.79 Å². The van der Waals surface area contributed by atoms with Crippen LogP contribution in [0.4, 0.5) is 0 Å². The molecule has 2 fully saturated rings. The Morgan fingerprint density at radius 1 is 1.14 bits per heavy atom. The molecule has 0 aromatic heterocycles. The smallest absolute Gasteiger partial charge is 0.254 e. The molecule has 1 aromatic carbocycles. The number of hydrogen-bond acceptors (Lipinski definition) is 5. The largest absolute Gasteiger partial charge is 0.454 e. The maximum Gasteiger partial charge on any atom is 0.254 e. The molecule has 6 nitrogen and oxygen atoms in total. The van der Waals surface area contributed by atoms with Gasteiger partial charge in [0.2, 0.25) is 6.79 Å². The van der Waals surface area contributed by atoms with Crippen molar-refractivity contribution in [3.63, 3.8) is 0 Å². The number of nitrogens with one attached hydrogen (secondary N) is 1. The van der Waals surface area contributed by atoms with Crippen molar-refractivity contribution in [3.05, 3.63) is 23.8 Å². The molecule has 2 saturated heterocycles. The lowest BCUT2D eigenvalue weighted by Gasteiger charge is -2.46. The number of fused-ring (bicyclic) bond motifs is 1. The summed E-state index contributed by atoms with van der Waals surface area (Å²) < 4.78 is 10.6. The van der Waals surface area contributed by atoms with Gasteiger partial charge in [-0.25, -0.2) is 0 Å². The van der Waals surface area contributed by atoms with E-state index in [-0.39, 0.29) is 12.7 Å². The van der Waals surface area contributed by atoms with Crippen molar-refractivity contribution in [1.29, 1.82) is 0 Å². The normalized spacial score (nSPS) is 22.2. The number of ether oxygens (including phenoxy) is 2. The van der Waals surface area contributed by atoms with Crippen molar-refractivity contribution in [2.24, 2.45) is 0 Å². The fourth-order valence-electron chi connectivity index (χ4n) is 3.11. The first-order valence-corrected chi connectivity index (χ1v) is 7.45. The predicted octanol–water partition coefficient (Wildman–Crippen LogP) is 0.145. The summed E-state index contributed by atoms with van der Waals surface area (Å²) >= 11 is 0. The number of benzene rings is 1. The molecule has 112 valence electrons. The SMILES string of the molecule is O=C(c1ccc2c(c1)OCO2)N1CC(N2CCNCC2)C1. The van der Waals surface area contributed by atoms with Gasteiger partial charge in [-0.05, 0) is 18.2 Å². The number of hydrogen-bond donors (Lipinski definition) is 1. The summed E-state index contributed by atoms with van der Waals surface area (Å²) in [6, 6.07) is 5.92. The monoisotopic (exact) mass is 289 g/mol. The van der Waals surface area contributed by atoms with Crippen LogP contribution < -0.4 is 14.8 Å². The van der Waals surface area contributed by atoms with Crippen LogP contribution >= 0.6 is 0 Å². The topological polar surface area (TPSA) is 54.0 Å².